The molecule has 1 amide bonds. The average molecular weight is 523 g/mol. The number of carbonyl (C=O) groups excluding carboxylic acids is 1. The number of hydrogen-bond acceptors (Lipinski definition) is 4. The summed E-state index contributed by atoms with van der Waals surface area (Å²) in [5.74, 6) is 0.474. The third-order valence-electron chi connectivity index (χ3n) is 8.29. The summed E-state index contributed by atoms with van der Waals surface area (Å²) >= 11 is 0. The Morgan fingerprint density at radius 1 is 0.897 bits per heavy atom. The highest BCUT2D eigenvalue weighted by molar-refractivity contribution is 6.56. The zero-order valence-electron chi connectivity index (χ0n) is 23.8. The molecule has 3 aromatic rings. The zero-order chi connectivity index (χ0) is 27.8. The predicted molar refractivity (Wildman–Crippen MR) is 158 cm³/mol. The Labute approximate surface area is 232 Å². The number of carbonyl (C=O) groups is 1. The van der Waals surface area contributed by atoms with Crippen LogP contribution in [0.2, 0.25) is 0 Å². The standard InChI is InChI=1S/C33H38BNO4/c1-22(2)24-17-15-23(16-18-24)19-25(34-38-32(3,4)33(5,6)39-34)20-35-31(36)37-21-30-28-13-9-7-11-26(28)27-12-8-10-14-29(27)30/h7-19,22,30H,20-21H2,1-6H3,(H,35,36). The lowest BCUT2D eigenvalue weighted by Crippen LogP contribution is -2.41. The summed E-state index contributed by atoms with van der Waals surface area (Å²) in [6, 6.07) is 25.1. The number of benzene rings is 3. The van der Waals surface area contributed by atoms with Gasteiger partial charge in [-0.2, -0.15) is 0 Å². The molecule has 5 nitrogen and oxygen atoms in total. The number of alkyl carbamates (subject to hydrolysis) is 1. The molecule has 1 saturated heterocycles. The van der Waals surface area contributed by atoms with Gasteiger partial charge in [-0.1, -0.05) is 92.7 Å². The summed E-state index contributed by atoms with van der Waals surface area (Å²) in [5.41, 5.74) is 6.96. The van der Waals surface area contributed by atoms with Gasteiger partial charge in [0.1, 0.15) is 6.61 Å². The van der Waals surface area contributed by atoms with Gasteiger partial charge in [0.15, 0.2) is 0 Å². The van der Waals surface area contributed by atoms with E-state index < -0.39 is 24.4 Å². The van der Waals surface area contributed by atoms with Crippen LogP contribution in [0.5, 0.6) is 0 Å². The van der Waals surface area contributed by atoms with E-state index in [1.807, 2.05) is 58.0 Å². The first-order valence-electron chi connectivity index (χ1n) is 13.8. The minimum absolute atomic E-state index is 0.0146. The molecule has 0 spiro atoms. The van der Waals surface area contributed by atoms with Crippen molar-refractivity contribution in [2.24, 2.45) is 0 Å². The number of hydrogen-bond donors (Lipinski definition) is 1. The minimum Gasteiger partial charge on any atom is -0.449 e. The molecular formula is C33H38BNO4. The van der Waals surface area contributed by atoms with Gasteiger partial charge < -0.3 is 19.4 Å². The highest BCUT2D eigenvalue weighted by Gasteiger charge is 2.52. The molecule has 1 N–H and O–H groups in total. The van der Waals surface area contributed by atoms with Crippen molar-refractivity contribution in [2.45, 2.75) is 64.6 Å². The van der Waals surface area contributed by atoms with Gasteiger partial charge in [0.25, 0.3) is 0 Å². The molecule has 5 rings (SSSR count). The lowest BCUT2D eigenvalue weighted by Gasteiger charge is -2.32. The van der Waals surface area contributed by atoms with Gasteiger partial charge in [0, 0.05) is 12.5 Å². The van der Waals surface area contributed by atoms with E-state index in [0.717, 1.165) is 11.0 Å². The Balaban J connectivity index is 1.29. The second-order valence-electron chi connectivity index (χ2n) is 11.8. The molecule has 6 heteroatoms. The average Bonchev–Trinajstić information content (AvgIpc) is 3.34. The van der Waals surface area contributed by atoms with Crippen LogP contribution in [0.15, 0.2) is 78.3 Å². The predicted octanol–water partition coefficient (Wildman–Crippen LogP) is 7.36. The molecule has 0 aromatic heterocycles. The third-order valence-corrected chi connectivity index (χ3v) is 8.29. The third kappa shape index (κ3) is 5.54. The molecule has 0 bridgehead atoms. The van der Waals surface area contributed by atoms with E-state index >= 15 is 0 Å². The second-order valence-corrected chi connectivity index (χ2v) is 11.8. The van der Waals surface area contributed by atoms with Crippen molar-refractivity contribution in [3.8, 4) is 11.1 Å². The Bertz CT molecular complexity index is 1310. The van der Waals surface area contributed by atoms with Crippen LogP contribution in [0.4, 0.5) is 4.79 Å². The maximum atomic E-state index is 12.9. The van der Waals surface area contributed by atoms with Crippen LogP contribution in [0, 0.1) is 0 Å². The summed E-state index contributed by atoms with van der Waals surface area (Å²) in [6.45, 7) is 13.0. The van der Waals surface area contributed by atoms with E-state index in [1.54, 1.807) is 0 Å². The maximum Gasteiger partial charge on any atom is 0.492 e. The van der Waals surface area contributed by atoms with Crippen LogP contribution < -0.4 is 5.32 Å². The van der Waals surface area contributed by atoms with Gasteiger partial charge >= 0.3 is 13.2 Å². The Morgan fingerprint density at radius 2 is 1.44 bits per heavy atom. The van der Waals surface area contributed by atoms with Crippen molar-refractivity contribution in [2.75, 3.05) is 13.2 Å². The lowest BCUT2D eigenvalue weighted by molar-refractivity contribution is 0.00578. The monoisotopic (exact) mass is 523 g/mol. The fourth-order valence-electron chi connectivity index (χ4n) is 5.21. The fraction of sp³-hybridized carbons (Fsp3) is 0.364. The topological polar surface area (TPSA) is 56.8 Å². The highest BCUT2D eigenvalue weighted by Crippen LogP contribution is 2.44. The molecule has 1 aliphatic carbocycles. The van der Waals surface area contributed by atoms with Crippen molar-refractivity contribution in [3.63, 3.8) is 0 Å². The molecule has 0 saturated carbocycles. The molecule has 3 aromatic carbocycles. The molecule has 0 atom stereocenters. The van der Waals surface area contributed by atoms with E-state index in [-0.39, 0.29) is 19.1 Å². The summed E-state index contributed by atoms with van der Waals surface area (Å²) < 4.78 is 18.4. The normalized spacial score (nSPS) is 17.7. The van der Waals surface area contributed by atoms with Gasteiger partial charge in [0.2, 0.25) is 0 Å². The Morgan fingerprint density at radius 3 is 1.97 bits per heavy atom. The van der Waals surface area contributed by atoms with E-state index in [0.29, 0.717) is 5.92 Å². The smallest absolute Gasteiger partial charge is 0.449 e. The number of amides is 1. The lowest BCUT2D eigenvalue weighted by atomic mass is 9.77. The minimum atomic E-state index is -0.575. The number of fused-ring (bicyclic) bond motifs is 3. The van der Waals surface area contributed by atoms with E-state index in [4.69, 9.17) is 14.0 Å². The van der Waals surface area contributed by atoms with Crippen LogP contribution in [-0.4, -0.2) is 37.6 Å². The van der Waals surface area contributed by atoms with E-state index in [2.05, 4.69) is 67.7 Å². The van der Waals surface area contributed by atoms with Gasteiger partial charge in [0.05, 0.1) is 11.2 Å². The van der Waals surface area contributed by atoms with E-state index in [9.17, 15) is 4.79 Å². The Hall–Kier alpha value is -3.35. The van der Waals surface area contributed by atoms with Crippen molar-refractivity contribution >= 4 is 19.3 Å². The maximum absolute atomic E-state index is 12.9. The van der Waals surface area contributed by atoms with Gasteiger partial charge in [-0.3, -0.25) is 0 Å². The number of ether oxygens (including phenoxy) is 1. The van der Waals surface area contributed by atoms with Gasteiger partial charge in [-0.05, 0) is 72.5 Å². The first-order valence-corrected chi connectivity index (χ1v) is 13.8. The van der Waals surface area contributed by atoms with Crippen LogP contribution in [0.25, 0.3) is 17.2 Å². The van der Waals surface area contributed by atoms with Crippen LogP contribution in [-0.2, 0) is 14.0 Å². The first kappa shape index (κ1) is 27.2. The van der Waals surface area contributed by atoms with Crippen LogP contribution >= 0.6 is 0 Å². The van der Waals surface area contributed by atoms with E-state index in [1.165, 1.54) is 27.8 Å². The second kappa shape index (κ2) is 10.7. The molecule has 0 unspecified atom stereocenters. The SMILES string of the molecule is CC(C)c1ccc(C=C(CNC(=O)OCC2c3ccccc3-c3ccccc32)B2OC(C)(C)C(C)(C)O2)cc1. The van der Waals surface area contributed by atoms with Crippen molar-refractivity contribution in [3.05, 3.63) is 101 Å². The van der Waals surface area contributed by atoms with Crippen molar-refractivity contribution in [1.29, 1.82) is 0 Å². The van der Waals surface area contributed by atoms with Crippen molar-refractivity contribution in [1.82, 2.24) is 5.32 Å². The first-order chi connectivity index (χ1) is 18.6. The van der Waals surface area contributed by atoms with Gasteiger partial charge in [-0.25, -0.2) is 4.79 Å². The molecule has 202 valence electrons. The highest BCUT2D eigenvalue weighted by atomic mass is 16.7. The van der Waals surface area contributed by atoms with Crippen LogP contribution in [0.1, 0.15) is 75.6 Å². The molecule has 2 aliphatic rings. The quantitative estimate of drug-likeness (QED) is 0.329. The molecular weight excluding hydrogens is 485 g/mol. The fourth-order valence-corrected chi connectivity index (χ4v) is 5.21. The Kier molecular flexibility index (Phi) is 7.45. The molecule has 1 aliphatic heterocycles. The summed E-state index contributed by atoms with van der Waals surface area (Å²) in [5, 5.41) is 2.95. The molecule has 39 heavy (non-hydrogen) atoms. The van der Waals surface area contributed by atoms with Crippen molar-refractivity contribution < 1.29 is 18.8 Å². The number of rotatable bonds is 7. The zero-order valence-corrected chi connectivity index (χ0v) is 23.8. The van der Waals surface area contributed by atoms with Gasteiger partial charge in [-0.15, -0.1) is 0 Å². The molecule has 0 radical (unpaired) electrons. The largest absolute Gasteiger partial charge is 0.492 e. The summed E-state index contributed by atoms with van der Waals surface area (Å²) in [4.78, 5) is 12.9. The molecule has 1 fully saturated rings. The van der Waals surface area contributed by atoms with Crippen LogP contribution in [0.3, 0.4) is 0 Å². The summed E-state index contributed by atoms with van der Waals surface area (Å²) in [6.07, 6.45) is 1.57. The summed E-state index contributed by atoms with van der Waals surface area (Å²) in [7, 11) is -0.575. The molecule has 1 heterocycles. The number of nitrogens with one attached hydrogen (secondary N) is 1.